The number of hydrogen-bond donors (Lipinski definition) is 2. The van der Waals surface area contributed by atoms with E-state index in [-0.39, 0.29) is 5.75 Å². The summed E-state index contributed by atoms with van der Waals surface area (Å²) in [5, 5.41) is 10.5. The van der Waals surface area contributed by atoms with E-state index in [0.29, 0.717) is 12.8 Å². The third-order valence-electron chi connectivity index (χ3n) is 5.15. The number of benzene rings is 2. The Kier molecular flexibility index (Phi) is 8.34. The van der Waals surface area contributed by atoms with Crippen LogP contribution in [-0.2, 0) is 22.9 Å². The van der Waals surface area contributed by atoms with Crippen LogP contribution < -0.4 is 9.86 Å². The number of nitrogens with two attached hydrogens (primary N) is 1. The first-order valence-corrected chi connectivity index (χ1v) is 14.8. The van der Waals surface area contributed by atoms with Gasteiger partial charge in [0.1, 0.15) is 5.01 Å². The molecule has 1 atom stereocenters. The fraction of sp³-hybridized carbons (Fsp3) is 0.208. The van der Waals surface area contributed by atoms with Crippen molar-refractivity contribution in [2.24, 2.45) is 5.14 Å². The number of thiophene rings is 1. The van der Waals surface area contributed by atoms with Crippen molar-refractivity contribution in [3.05, 3.63) is 94.3 Å². The summed E-state index contributed by atoms with van der Waals surface area (Å²) < 4.78 is 28.9. The van der Waals surface area contributed by atoms with E-state index in [2.05, 4.69) is 4.72 Å². The molecule has 2 aromatic heterocycles. The molecule has 0 aliphatic carbocycles. The molecule has 4 rings (SSSR count). The summed E-state index contributed by atoms with van der Waals surface area (Å²) in [6.07, 6.45) is 1.80. The molecule has 9 heteroatoms. The number of hydrogen-bond acceptors (Lipinski definition) is 7. The molecule has 0 aliphatic heterocycles. The quantitative estimate of drug-likeness (QED) is 0.251. The Labute approximate surface area is 207 Å². The smallest absolute Gasteiger partial charge is 0.212 e. The van der Waals surface area contributed by atoms with E-state index in [0.717, 1.165) is 38.0 Å². The van der Waals surface area contributed by atoms with Gasteiger partial charge >= 0.3 is 0 Å². The van der Waals surface area contributed by atoms with Crippen molar-refractivity contribution in [1.82, 2.24) is 9.71 Å². The van der Waals surface area contributed by atoms with E-state index in [1.807, 2.05) is 77.5 Å². The SMILES string of the molecule is NSc1ccc(C[C@H](NS(=O)(=O)CCCc2ccccc2)c2csc(-c3cccs3)n2)cc1. The van der Waals surface area contributed by atoms with E-state index in [1.165, 1.54) is 23.3 Å². The molecule has 0 saturated heterocycles. The van der Waals surface area contributed by atoms with Crippen LogP contribution in [0.4, 0.5) is 0 Å². The molecular weight excluding hydrogens is 491 g/mol. The van der Waals surface area contributed by atoms with Gasteiger partial charge in [0.25, 0.3) is 0 Å². The minimum absolute atomic E-state index is 0.0725. The summed E-state index contributed by atoms with van der Waals surface area (Å²) >= 11 is 4.36. The molecular formula is C24H25N3O2S4. The molecule has 3 N–H and O–H groups in total. The topological polar surface area (TPSA) is 85.1 Å². The lowest BCUT2D eigenvalue weighted by atomic mass is 10.1. The van der Waals surface area contributed by atoms with Crippen molar-refractivity contribution in [2.45, 2.75) is 30.2 Å². The number of nitrogens with one attached hydrogen (secondary N) is 1. The molecule has 5 nitrogen and oxygen atoms in total. The predicted octanol–water partition coefficient (Wildman–Crippen LogP) is 5.67. The monoisotopic (exact) mass is 515 g/mol. The highest BCUT2D eigenvalue weighted by atomic mass is 32.2. The average Bonchev–Trinajstić information content (AvgIpc) is 3.52. The summed E-state index contributed by atoms with van der Waals surface area (Å²) in [6.45, 7) is 0. The minimum atomic E-state index is -3.48. The first-order valence-electron chi connectivity index (χ1n) is 10.5. The number of aryl methyl sites for hydroxylation is 1. The van der Waals surface area contributed by atoms with Gasteiger partial charge in [-0.3, -0.25) is 5.14 Å². The van der Waals surface area contributed by atoms with Gasteiger partial charge in [0.05, 0.1) is 22.4 Å². The van der Waals surface area contributed by atoms with E-state index < -0.39 is 16.1 Å². The Balaban J connectivity index is 1.50. The minimum Gasteiger partial charge on any atom is -0.274 e. The molecule has 0 spiro atoms. The van der Waals surface area contributed by atoms with Crippen molar-refractivity contribution in [3.63, 3.8) is 0 Å². The Hall–Kier alpha value is -2.01. The molecule has 33 heavy (non-hydrogen) atoms. The van der Waals surface area contributed by atoms with Crippen LogP contribution >= 0.6 is 34.6 Å². The Morgan fingerprint density at radius 3 is 2.45 bits per heavy atom. The molecule has 4 aromatic rings. The molecule has 2 heterocycles. The first-order chi connectivity index (χ1) is 16.0. The standard InChI is InChI=1S/C24H25N3O2S4/c25-32-20-12-10-19(11-13-20)16-21(22-17-31-24(26-22)23-9-4-14-30-23)27-33(28,29)15-5-8-18-6-2-1-3-7-18/h1-4,6-7,9-14,17,21,27H,5,8,15-16,25H2/t21-/m0/s1. The van der Waals surface area contributed by atoms with Gasteiger partial charge in [0, 0.05) is 10.3 Å². The van der Waals surface area contributed by atoms with E-state index in [1.54, 1.807) is 11.3 Å². The highest BCUT2D eigenvalue weighted by Gasteiger charge is 2.23. The summed E-state index contributed by atoms with van der Waals surface area (Å²) in [7, 11) is -3.48. The molecule has 0 unspecified atom stereocenters. The second-order valence-corrected chi connectivity index (χ2v) is 12.0. The number of rotatable bonds is 11. The Morgan fingerprint density at radius 1 is 0.970 bits per heavy atom. The third-order valence-corrected chi connectivity index (χ3v) is 9.07. The van der Waals surface area contributed by atoms with Gasteiger partial charge in [-0.25, -0.2) is 18.1 Å². The lowest BCUT2D eigenvalue weighted by Gasteiger charge is -2.17. The molecule has 0 saturated carbocycles. The van der Waals surface area contributed by atoms with Crippen LogP contribution in [-0.4, -0.2) is 19.2 Å². The number of nitrogens with zero attached hydrogens (tertiary/aromatic N) is 1. The van der Waals surface area contributed by atoms with Gasteiger partial charge in [-0.2, -0.15) is 0 Å². The molecule has 172 valence electrons. The summed E-state index contributed by atoms with van der Waals surface area (Å²) in [5.41, 5.74) is 2.91. The summed E-state index contributed by atoms with van der Waals surface area (Å²) in [6, 6.07) is 21.4. The van der Waals surface area contributed by atoms with Gasteiger partial charge < -0.3 is 0 Å². The van der Waals surface area contributed by atoms with Crippen LogP contribution in [0.25, 0.3) is 9.88 Å². The van der Waals surface area contributed by atoms with Crippen LogP contribution in [0.2, 0.25) is 0 Å². The van der Waals surface area contributed by atoms with Crippen LogP contribution in [0.5, 0.6) is 0 Å². The van der Waals surface area contributed by atoms with Gasteiger partial charge in [-0.05, 0) is 65.9 Å². The Morgan fingerprint density at radius 2 is 1.76 bits per heavy atom. The number of aromatic nitrogens is 1. The molecule has 0 bridgehead atoms. The highest BCUT2D eigenvalue weighted by Crippen LogP contribution is 2.31. The third kappa shape index (κ3) is 6.99. The van der Waals surface area contributed by atoms with Crippen molar-refractivity contribution in [1.29, 1.82) is 0 Å². The first kappa shape index (κ1) is 24.1. The molecule has 0 fully saturated rings. The summed E-state index contributed by atoms with van der Waals surface area (Å²) in [4.78, 5) is 6.82. The zero-order chi connectivity index (χ0) is 23.1. The van der Waals surface area contributed by atoms with Crippen molar-refractivity contribution in [3.8, 4) is 9.88 Å². The normalized spacial score (nSPS) is 12.6. The highest BCUT2D eigenvalue weighted by molar-refractivity contribution is 7.97. The lowest BCUT2D eigenvalue weighted by Crippen LogP contribution is -2.32. The Bertz CT molecular complexity index is 1240. The van der Waals surface area contributed by atoms with Gasteiger partial charge in [-0.15, -0.1) is 22.7 Å². The predicted molar refractivity (Wildman–Crippen MR) is 140 cm³/mol. The molecule has 0 aliphatic rings. The van der Waals surface area contributed by atoms with E-state index in [9.17, 15) is 8.42 Å². The maximum absolute atomic E-state index is 13.0. The fourth-order valence-corrected chi connectivity index (χ4v) is 6.75. The molecule has 0 amide bonds. The van der Waals surface area contributed by atoms with Gasteiger partial charge in [0.2, 0.25) is 10.0 Å². The molecule has 2 aromatic carbocycles. The lowest BCUT2D eigenvalue weighted by molar-refractivity contribution is 0.549. The van der Waals surface area contributed by atoms with Crippen LogP contribution in [0.1, 0.15) is 29.3 Å². The molecule has 0 radical (unpaired) electrons. The van der Waals surface area contributed by atoms with Crippen LogP contribution in [0.3, 0.4) is 0 Å². The summed E-state index contributed by atoms with van der Waals surface area (Å²) in [5.74, 6) is 0.0725. The second kappa shape index (κ2) is 11.4. The fourth-order valence-electron chi connectivity index (χ4n) is 3.49. The average molecular weight is 516 g/mol. The van der Waals surface area contributed by atoms with Crippen molar-refractivity contribution >= 4 is 44.6 Å². The number of sulfonamides is 1. The van der Waals surface area contributed by atoms with Crippen molar-refractivity contribution < 1.29 is 8.42 Å². The zero-order valence-electron chi connectivity index (χ0n) is 17.9. The maximum Gasteiger partial charge on any atom is 0.212 e. The second-order valence-electron chi connectivity index (χ2n) is 7.60. The maximum atomic E-state index is 13.0. The van der Waals surface area contributed by atoms with Gasteiger partial charge in [-0.1, -0.05) is 48.5 Å². The van der Waals surface area contributed by atoms with Crippen LogP contribution in [0, 0.1) is 0 Å². The zero-order valence-corrected chi connectivity index (χ0v) is 21.2. The number of thiazole rings is 1. The van der Waals surface area contributed by atoms with Crippen molar-refractivity contribution in [2.75, 3.05) is 5.75 Å². The van der Waals surface area contributed by atoms with Gasteiger partial charge in [0.15, 0.2) is 0 Å². The van der Waals surface area contributed by atoms with Crippen LogP contribution in [0.15, 0.2) is 82.4 Å². The largest absolute Gasteiger partial charge is 0.274 e. The van der Waals surface area contributed by atoms with E-state index in [4.69, 9.17) is 10.1 Å². The van der Waals surface area contributed by atoms with E-state index >= 15 is 0 Å².